The maximum atomic E-state index is 12.2. The Morgan fingerprint density at radius 3 is 2.52 bits per heavy atom. The number of halogens is 2. The molecule has 2 rings (SSSR count). The summed E-state index contributed by atoms with van der Waals surface area (Å²) in [5, 5.41) is 13.7. The van der Waals surface area contributed by atoms with Gasteiger partial charge in [0.15, 0.2) is 0 Å². The number of likely N-dealkylation sites (N-methyl/N-ethyl adjacent to an activating group) is 1. The standard InChI is InChI=1S/C20H24Cl2N2O3/c1-24(2)9-10-27-15-6-3-5-14(11-15)12-19(26)23-13-18(25)20-16(21)7-4-8-17(20)22/h3-8,11,18,25H,9-10,12-13H2,1-2H3,(H,23,26)/t18-/m1/s1. The van der Waals surface area contributed by atoms with Gasteiger partial charge in [-0.2, -0.15) is 0 Å². The van der Waals surface area contributed by atoms with Crippen LogP contribution in [0.1, 0.15) is 17.2 Å². The largest absolute Gasteiger partial charge is 0.492 e. The third kappa shape index (κ3) is 7.03. The minimum atomic E-state index is -0.976. The molecule has 2 aromatic carbocycles. The van der Waals surface area contributed by atoms with E-state index in [-0.39, 0.29) is 18.9 Å². The number of hydrogen-bond acceptors (Lipinski definition) is 4. The summed E-state index contributed by atoms with van der Waals surface area (Å²) in [7, 11) is 3.96. The Hall–Kier alpha value is -1.79. The molecule has 0 radical (unpaired) electrons. The summed E-state index contributed by atoms with van der Waals surface area (Å²) in [6.07, 6.45) is -0.788. The number of carbonyl (C=O) groups is 1. The third-order valence-corrected chi connectivity index (χ3v) is 4.56. The lowest BCUT2D eigenvalue weighted by atomic mass is 10.1. The molecular formula is C20H24Cl2N2O3. The second-order valence-corrected chi connectivity index (χ2v) is 7.25. The SMILES string of the molecule is CN(C)CCOc1cccc(CC(=O)NC[C@@H](O)c2c(Cl)cccc2Cl)c1. The molecule has 27 heavy (non-hydrogen) atoms. The van der Waals surface area contributed by atoms with Gasteiger partial charge in [-0.15, -0.1) is 0 Å². The molecule has 0 aromatic heterocycles. The van der Waals surface area contributed by atoms with Crippen LogP contribution in [0.2, 0.25) is 10.0 Å². The molecule has 0 aliphatic heterocycles. The van der Waals surface area contributed by atoms with Crippen molar-refractivity contribution in [1.29, 1.82) is 0 Å². The molecule has 0 aliphatic rings. The van der Waals surface area contributed by atoms with E-state index in [0.717, 1.165) is 17.9 Å². The van der Waals surface area contributed by atoms with Crippen LogP contribution < -0.4 is 10.1 Å². The Bertz CT molecular complexity index is 748. The Morgan fingerprint density at radius 2 is 1.85 bits per heavy atom. The summed E-state index contributed by atoms with van der Waals surface area (Å²) in [5.41, 5.74) is 1.25. The zero-order valence-corrected chi connectivity index (χ0v) is 16.9. The van der Waals surface area contributed by atoms with Crippen molar-refractivity contribution in [3.8, 4) is 5.75 Å². The molecule has 2 N–H and O–H groups in total. The molecule has 0 saturated carbocycles. The summed E-state index contributed by atoms with van der Waals surface area (Å²) in [5.74, 6) is 0.521. The molecule has 0 bridgehead atoms. The van der Waals surface area contributed by atoms with Gasteiger partial charge in [0.05, 0.1) is 12.5 Å². The first-order chi connectivity index (χ1) is 12.9. The van der Waals surface area contributed by atoms with Crippen LogP contribution in [0.5, 0.6) is 5.75 Å². The van der Waals surface area contributed by atoms with E-state index in [1.54, 1.807) is 18.2 Å². The molecule has 0 unspecified atom stereocenters. The Balaban J connectivity index is 1.87. The van der Waals surface area contributed by atoms with E-state index in [1.807, 2.05) is 43.3 Å². The van der Waals surface area contributed by atoms with Gasteiger partial charge >= 0.3 is 0 Å². The molecule has 0 spiro atoms. The lowest BCUT2D eigenvalue weighted by Crippen LogP contribution is -2.29. The van der Waals surface area contributed by atoms with Crippen molar-refractivity contribution in [2.75, 3.05) is 33.8 Å². The summed E-state index contributed by atoms with van der Waals surface area (Å²) < 4.78 is 5.68. The molecular weight excluding hydrogens is 387 g/mol. The highest BCUT2D eigenvalue weighted by Gasteiger charge is 2.16. The summed E-state index contributed by atoms with van der Waals surface area (Å²) in [6, 6.07) is 12.4. The lowest BCUT2D eigenvalue weighted by Gasteiger charge is -2.15. The molecule has 5 nitrogen and oxygen atoms in total. The van der Waals surface area contributed by atoms with Gasteiger partial charge in [-0.25, -0.2) is 0 Å². The van der Waals surface area contributed by atoms with E-state index in [4.69, 9.17) is 27.9 Å². The highest BCUT2D eigenvalue weighted by atomic mass is 35.5. The monoisotopic (exact) mass is 410 g/mol. The fraction of sp³-hybridized carbons (Fsp3) is 0.350. The number of aliphatic hydroxyl groups excluding tert-OH is 1. The first-order valence-electron chi connectivity index (χ1n) is 8.62. The predicted octanol–water partition coefficient (Wildman–Crippen LogP) is 3.33. The van der Waals surface area contributed by atoms with E-state index in [9.17, 15) is 9.90 Å². The smallest absolute Gasteiger partial charge is 0.224 e. The van der Waals surface area contributed by atoms with Crippen LogP contribution in [0.25, 0.3) is 0 Å². The fourth-order valence-corrected chi connectivity index (χ4v) is 3.13. The van der Waals surface area contributed by atoms with Crippen molar-refractivity contribution in [3.05, 3.63) is 63.6 Å². The second kappa shape index (κ2) is 10.5. The van der Waals surface area contributed by atoms with Gasteiger partial charge in [-0.1, -0.05) is 41.4 Å². The van der Waals surface area contributed by atoms with E-state index in [0.29, 0.717) is 22.2 Å². The normalized spacial score (nSPS) is 12.1. The molecule has 0 saturated heterocycles. The van der Waals surface area contributed by atoms with E-state index in [2.05, 4.69) is 5.32 Å². The number of amides is 1. The molecule has 146 valence electrons. The van der Waals surface area contributed by atoms with Crippen LogP contribution in [0.3, 0.4) is 0 Å². The Kier molecular flexibility index (Phi) is 8.38. The maximum Gasteiger partial charge on any atom is 0.224 e. The number of benzene rings is 2. The maximum absolute atomic E-state index is 12.2. The fourth-order valence-electron chi connectivity index (χ4n) is 2.48. The molecule has 1 atom stereocenters. The average Bonchev–Trinajstić information content (AvgIpc) is 2.60. The van der Waals surface area contributed by atoms with E-state index < -0.39 is 6.10 Å². The number of aliphatic hydroxyl groups is 1. The van der Waals surface area contributed by atoms with Gasteiger partial charge in [0.1, 0.15) is 12.4 Å². The van der Waals surface area contributed by atoms with Crippen molar-refractivity contribution >= 4 is 29.1 Å². The van der Waals surface area contributed by atoms with E-state index >= 15 is 0 Å². The molecule has 7 heteroatoms. The number of carbonyl (C=O) groups excluding carboxylic acids is 1. The van der Waals surface area contributed by atoms with E-state index in [1.165, 1.54) is 0 Å². The number of nitrogens with zero attached hydrogens (tertiary/aromatic N) is 1. The first kappa shape index (κ1) is 21.5. The van der Waals surface area contributed by atoms with Gasteiger partial charge < -0.3 is 20.1 Å². The average molecular weight is 411 g/mol. The topological polar surface area (TPSA) is 61.8 Å². The zero-order chi connectivity index (χ0) is 19.8. The van der Waals surface area contributed by atoms with Crippen LogP contribution in [-0.2, 0) is 11.2 Å². The van der Waals surface area contributed by atoms with Gasteiger partial charge in [-0.3, -0.25) is 4.79 Å². The van der Waals surface area contributed by atoms with Crippen molar-refractivity contribution in [3.63, 3.8) is 0 Å². The van der Waals surface area contributed by atoms with Crippen LogP contribution >= 0.6 is 23.2 Å². The van der Waals surface area contributed by atoms with Crippen molar-refractivity contribution < 1.29 is 14.6 Å². The van der Waals surface area contributed by atoms with Gasteiger partial charge in [-0.05, 0) is 43.9 Å². The number of hydrogen-bond donors (Lipinski definition) is 2. The molecule has 2 aromatic rings. The summed E-state index contributed by atoms with van der Waals surface area (Å²) in [4.78, 5) is 14.2. The number of ether oxygens (including phenoxy) is 1. The van der Waals surface area contributed by atoms with Crippen molar-refractivity contribution in [1.82, 2.24) is 10.2 Å². The van der Waals surface area contributed by atoms with Crippen LogP contribution in [0.4, 0.5) is 0 Å². The van der Waals surface area contributed by atoms with Crippen molar-refractivity contribution in [2.24, 2.45) is 0 Å². The first-order valence-corrected chi connectivity index (χ1v) is 9.37. The third-order valence-electron chi connectivity index (χ3n) is 3.90. The number of rotatable bonds is 9. The molecule has 0 aliphatic carbocycles. The van der Waals surface area contributed by atoms with Crippen LogP contribution in [0, 0.1) is 0 Å². The van der Waals surface area contributed by atoms with Gasteiger partial charge in [0.2, 0.25) is 5.91 Å². The van der Waals surface area contributed by atoms with Crippen molar-refractivity contribution in [2.45, 2.75) is 12.5 Å². The predicted molar refractivity (Wildman–Crippen MR) is 109 cm³/mol. The zero-order valence-electron chi connectivity index (χ0n) is 15.4. The minimum absolute atomic E-state index is 0.0291. The second-order valence-electron chi connectivity index (χ2n) is 6.43. The Labute approximate surface area is 169 Å². The van der Waals surface area contributed by atoms with Gasteiger partial charge in [0.25, 0.3) is 0 Å². The summed E-state index contributed by atoms with van der Waals surface area (Å²) in [6.45, 7) is 1.42. The Morgan fingerprint density at radius 1 is 1.19 bits per heavy atom. The molecule has 0 fully saturated rings. The minimum Gasteiger partial charge on any atom is -0.492 e. The lowest BCUT2D eigenvalue weighted by molar-refractivity contribution is -0.120. The van der Waals surface area contributed by atoms with Gasteiger partial charge in [0, 0.05) is 28.7 Å². The molecule has 0 heterocycles. The summed E-state index contributed by atoms with van der Waals surface area (Å²) >= 11 is 12.1. The molecule has 1 amide bonds. The van der Waals surface area contributed by atoms with Crippen LogP contribution in [-0.4, -0.2) is 49.7 Å². The number of nitrogens with one attached hydrogen (secondary N) is 1. The highest BCUT2D eigenvalue weighted by molar-refractivity contribution is 6.36. The van der Waals surface area contributed by atoms with Crippen LogP contribution in [0.15, 0.2) is 42.5 Å². The highest BCUT2D eigenvalue weighted by Crippen LogP contribution is 2.29. The quantitative estimate of drug-likeness (QED) is 0.665.